The van der Waals surface area contributed by atoms with Crippen LogP contribution in [0.4, 0.5) is 87.8 Å². The van der Waals surface area contributed by atoms with Gasteiger partial charge in [0.2, 0.25) is 12.3 Å². The van der Waals surface area contributed by atoms with Gasteiger partial charge in [0.1, 0.15) is 59.3 Å². The van der Waals surface area contributed by atoms with Crippen molar-refractivity contribution in [2.45, 2.75) is 6.54 Å². The standard InChI is InChI=1S/C24BF20.C15H14NO3/c26-5-1(6(27)14(35)21(42)13(5)34)25(2-7(28)15(36)22(43)16(37)8(2)29,3-9(30)17(38)23(44)18(39)10(3)31)4-11(32)19(40)24(45)20(41)12(4)33;17-11-15(19)13-6-8-16(9-7-13)10-14(18)12-4-2-1-3-5-12/h;1-9,17H,10-11H2/q-1;+1. The Hall–Kier alpha value is -6.79. The van der Waals surface area contributed by atoms with Crippen LogP contribution in [0.3, 0.4) is 0 Å². The van der Waals surface area contributed by atoms with Gasteiger partial charge in [0.05, 0.1) is 0 Å². The number of hydrogen-bond donors (Lipinski definition) is 1. The predicted molar refractivity (Wildman–Crippen MR) is 178 cm³/mol. The molecule has 0 saturated carbocycles. The van der Waals surface area contributed by atoms with Crippen molar-refractivity contribution in [3.63, 3.8) is 0 Å². The molecule has 0 radical (unpaired) electrons. The first kappa shape index (κ1) is 48.3. The monoisotopic (exact) mass is 935 g/mol. The van der Waals surface area contributed by atoms with E-state index < -0.39 is 151 Å². The number of nitrogens with zero attached hydrogens (tertiary/aromatic N) is 1. The molecule has 5 aromatic carbocycles. The van der Waals surface area contributed by atoms with Crippen molar-refractivity contribution in [2.75, 3.05) is 6.61 Å². The number of aliphatic hydroxyl groups excluding tert-OH is 1. The molecule has 0 aliphatic heterocycles. The van der Waals surface area contributed by atoms with Gasteiger partial charge in [-0.3, -0.25) is 9.59 Å². The van der Waals surface area contributed by atoms with Crippen molar-refractivity contribution in [2.24, 2.45) is 0 Å². The number of carbonyl (C=O) groups is 2. The normalized spacial score (nSPS) is 11.5. The van der Waals surface area contributed by atoms with Gasteiger partial charge in [-0.05, 0) is 0 Å². The summed E-state index contributed by atoms with van der Waals surface area (Å²) in [6.45, 7) is -0.287. The minimum absolute atomic E-state index is 0.00633. The average molecular weight is 935 g/mol. The molecule has 1 heterocycles. The Morgan fingerprint density at radius 1 is 0.359 bits per heavy atom. The quantitative estimate of drug-likeness (QED) is 0.0430. The van der Waals surface area contributed by atoms with E-state index in [0.29, 0.717) is 11.1 Å². The highest BCUT2D eigenvalue weighted by atomic mass is 19.2. The molecule has 64 heavy (non-hydrogen) atoms. The van der Waals surface area contributed by atoms with Gasteiger partial charge >= 0.3 is 0 Å². The van der Waals surface area contributed by atoms with Gasteiger partial charge in [-0.2, -0.15) is 4.57 Å². The van der Waals surface area contributed by atoms with E-state index >= 15 is 35.1 Å². The van der Waals surface area contributed by atoms with E-state index in [9.17, 15) is 62.3 Å². The van der Waals surface area contributed by atoms with Crippen molar-refractivity contribution in [3.05, 3.63) is 182 Å². The number of carbonyl (C=O) groups excluding carboxylic acids is 2. The average Bonchev–Trinajstić information content (AvgIpc) is 3.29. The summed E-state index contributed by atoms with van der Waals surface area (Å²) in [4.78, 5) is 23.2. The number of benzene rings is 5. The van der Waals surface area contributed by atoms with E-state index in [1.165, 1.54) is 0 Å². The number of aliphatic hydroxyl groups is 1. The lowest BCUT2D eigenvalue weighted by Crippen LogP contribution is -2.81. The van der Waals surface area contributed by atoms with Gasteiger partial charge in [-0.15, -0.1) is 21.9 Å². The van der Waals surface area contributed by atoms with Crippen molar-refractivity contribution >= 4 is 39.6 Å². The molecule has 0 aliphatic rings. The third-order valence-electron chi connectivity index (χ3n) is 9.49. The molecule has 6 aromatic rings. The largest absolute Gasteiger partial charge is 0.388 e. The Kier molecular flexibility index (Phi) is 13.7. The van der Waals surface area contributed by atoms with E-state index in [1.54, 1.807) is 41.2 Å². The van der Waals surface area contributed by atoms with Gasteiger partial charge in [-0.25, -0.2) is 87.8 Å². The Morgan fingerprint density at radius 2 is 0.594 bits per heavy atom. The fraction of sp³-hybridized carbons (Fsp3) is 0.0513. The summed E-state index contributed by atoms with van der Waals surface area (Å²) in [6.07, 6.45) is -3.90. The van der Waals surface area contributed by atoms with Gasteiger partial charge in [0.15, 0.2) is 88.0 Å². The molecule has 0 amide bonds. The number of halogens is 20. The van der Waals surface area contributed by atoms with Crippen molar-refractivity contribution in [3.8, 4) is 0 Å². The molecule has 1 aromatic heterocycles. The van der Waals surface area contributed by atoms with E-state index in [4.69, 9.17) is 5.11 Å². The van der Waals surface area contributed by atoms with Crippen LogP contribution in [0.25, 0.3) is 0 Å². The number of rotatable bonds is 9. The molecule has 0 bridgehead atoms. The summed E-state index contributed by atoms with van der Waals surface area (Å²) in [5.74, 6) is -71.7. The lowest BCUT2D eigenvalue weighted by Gasteiger charge is -2.44. The Balaban J connectivity index is 0.000000337. The Morgan fingerprint density at radius 3 is 0.844 bits per heavy atom. The molecule has 0 atom stereocenters. The molecular formula is C39H14BF20NO3. The van der Waals surface area contributed by atoms with Crippen LogP contribution < -0.4 is 26.4 Å². The molecule has 6 rings (SSSR count). The van der Waals surface area contributed by atoms with Gasteiger partial charge < -0.3 is 5.11 Å². The Labute approximate surface area is 342 Å². The second-order valence-corrected chi connectivity index (χ2v) is 12.9. The smallest absolute Gasteiger partial charge is 0.227 e. The highest BCUT2D eigenvalue weighted by Gasteiger charge is 2.52. The number of ketones is 2. The number of pyridine rings is 1. The van der Waals surface area contributed by atoms with Crippen molar-refractivity contribution in [1.29, 1.82) is 0 Å². The van der Waals surface area contributed by atoms with Gasteiger partial charge in [0.25, 0.3) is 0 Å². The molecule has 0 fully saturated rings. The number of aromatic nitrogens is 1. The minimum atomic E-state index is -7.22. The minimum Gasteiger partial charge on any atom is -0.388 e. The zero-order chi connectivity index (χ0) is 48.0. The fourth-order valence-corrected chi connectivity index (χ4v) is 6.60. The number of Topliss-reactive ketones (excluding diaryl/α,β-unsaturated/α-hetero) is 2. The second kappa shape index (κ2) is 18.1. The molecule has 4 nitrogen and oxygen atoms in total. The fourth-order valence-electron chi connectivity index (χ4n) is 6.60. The van der Waals surface area contributed by atoms with Crippen LogP contribution in [0.5, 0.6) is 0 Å². The highest BCUT2D eigenvalue weighted by Crippen LogP contribution is 2.30. The van der Waals surface area contributed by atoms with Crippen LogP contribution in [0, 0.1) is 116 Å². The molecule has 0 saturated heterocycles. The van der Waals surface area contributed by atoms with Crippen LogP contribution in [0.1, 0.15) is 20.7 Å². The summed E-state index contributed by atoms with van der Waals surface area (Å²) in [7, 11) is 0. The predicted octanol–water partition coefficient (Wildman–Crippen LogP) is 6.88. The van der Waals surface area contributed by atoms with E-state index in [2.05, 4.69) is 0 Å². The maximum absolute atomic E-state index is 15.4. The Bertz CT molecular complexity index is 2500. The molecule has 25 heteroatoms. The molecular weight excluding hydrogens is 921 g/mol. The SMILES string of the molecule is Fc1c(F)c(F)c([B-](c2c(F)c(F)c(F)c(F)c2F)(c2c(F)c(F)c(F)c(F)c2F)c2c(F)c(F)c(F)c(F)c2F)c(F)c1F.O=C(CO)c1cc[n+](CC(=O)c2ccccc2)cc1. The third kappa shape index (κ3) is 7.70. The summed E-state index contributed by atoms with van der Waals surface area (Å²) < 4.78 is 296. The molecule has 0 spiro atoms. The summed E-state index contributed by atoms with van der Waals surface area (Å²) in [5.41, 5.74) is -13.2. The van der Waals surface area contributed by atoms with E-state index in [1.807, 2.05) is 18.2 Å². The van der Waals surface area contributed by atoms with Crippen LogP contribution in [0.15, 0.2) is 54.9 Å². The van der Waals surface area contributed by atoms with Gasteiger partial charge in [0, 0.05) is 23.3 Å². The van der Waals surface area contributed by atoms with Crippen LogP contribution in [0.2, 0.25) is 0 Å². The lowest BCUT2D eigenvalue weighted by atomic mass is 9.12. The van der Waals surface area contributed by atoms with Crippen LogP contribution in [-0.4, -0.2) is 29.4 Å². The van der Waals surface area contributed by atoms with E-state index in [-0.39, 0.29) is 18.1 Å². The zero-order valence-electron chi connectivity index (χ0n) is 30.5. The first-order valence-electron chi connectivity index (χ1n) is 16.9. The number of hydrogen-bond acceptors (Lipinski definition) is 3. The van der Waals surface area contributed by atoms with Crippen LogP contribution in [-0.2, 0) is 6.54 Å². The maximum Gasteiger partial charge on any atom is 0.227 e. The molecule has 336 valence electrons. The van der Waals surface area contributed by atoms with E-state index in [0.717, 1.165) is 0 Å². The maximum atomic E-state index is 15.4. The molecule has 0 unspecified atom stereocenters. The van der Waals surface area contributed by atoms with Crippen molar-refractivity contribution in [1.82, 2.24) is 0 Å². The zero-order valence-corrected chi connectivity index (χ0v) is 30.5. The first-order chi connectivity index (χ1) is 29.9. The molecule has 1 N–H and O–H groups in total. The summed E-state index contributed by atoms with van der Waals surface area (Å²) in [5, 5.41) is 8.74. The van der Waals surface area contributed by atoms with Crippen LogP contribution >= 0.6 is 0 Å². The highest BCUT2D eigenvalue weighted by molar-refractivity contribution is 7.20. The first-order valence-corrected chi connectivity index (χ1v) is 16.9. The van der Waals surface area contributed by atoms with Crippen molar-refractivity contribution < 1.29 is 107 Å². The third-order valence-corrected chi connectivity index (χ3v) is 9.49. The molecule has 0 aliphatic carbocycles. The second-order valence-electron chi connectivity index (χ2n) is 12.9. The van der Waals surface area contributed by atoms with Gasteiger partial charge in [-0.1, -0.05) is 30.3 Å². The summed E-state index contributed by atoms with van der Waals surface area (Å²) >= 11 is 0. The topological polar surface area (TPSA) is 58.2 Å². The lowest BCUT2D eigenvalue weighted by molar-refractivity contribution is -0.683. The summed E-state index contributed by atoms with van der Waals surface area (Å²) in [6, 6.07) is 12.2.